The molecule has 0 unspecified atom stereocenters. The molecule has 23 heavy (non-hydrogen) atoms. The van der Waals surface area contributed by atoms with Crippen LogP contribution in [0.2, 0.25) is 0 Å². The van der Waals surface area contributed by atoms with Crippen LogP contribution in [0.3, 0.4) is 0 Å². The number of aryl methyl sites for hydroxylation is 2. The molecule has 2 aliphatic rings. The van der Waals surface area contributed by atoms with E-state index in [1.807, 2.05) is 24.8 Å². The number of hydrogen-bond donors (Lipinski definition) is 1. The van der Waals surface area contributed by atoms with Gasteiger partial charge in [0.25, 0.3) is 5.91 Å². The molecule has 0 aromatic heterocycles. The predicted molar refractivity (Wildman–Crippen MR) is 89.6 cm³/mol. The first-order valence-corrected chi connectivity index (χ1v) is 8.51. The number of piperazine rings is 1. The topological polar surface area (TPSA) is 52.7 Å². The van der Waals surface area contributed by atoms with Gasteiger partial charge in [-0.05, 0) is 56.4 Å². The van der Waals surface area contributed by atoms with Gasteiger partial charge in [0.2, 0.25) is 0 Å². The van der Waals surface area contributed by atoms with Crippen LogP contribution in [0.1, 0.15) is 41.8 Å². The minimum Gasteiger partial charge on any atom is -0.336 e. The zero-order valence-electron chi connectivity index (χ0n) is 14.0. The molecule has 1 aromatic rings. The number of carbonyl (C=O) groups is 2. The molecule has 5 heteroatoms. The summed E-state index contributed by atoms with van der Waals surface area (Å²) in [5.74, 6) is 0.0867. The highest BCUT2D eigenvalue weighted by Crippen LogP contribution is 2.23. The van der Waals surface area contributed by atoms with Crippen LogP contribution in [-0.2, 0) is 12.8 Å². The molecule has 1 saturated heterocycles. The third kappa shape index (κ3) is 3.49. The van der Waals surface area contributed by atoms with Gasteiger partial charge in [-0.2, -0.15) is 0 Å². The van der Waals surface area contributed by atoms with Crippen LogP contribution in [0.5, 0.6) is 0 Å². The highest BCUT2D eigenvalue weighted by molar-refractivity contribution is 5.94. The van der Waals surface area contributed by atoms with Crippen LogP contribution in [0.25, 0.3) is 0 Å². The fraction of sp³-hybridized carbons (Fsp3) is 0.556. The monoisotopic (exact) mass is 315 g/mol. The molecule has 1 aliphatic carbocycles. The summed E-state index contributed by atoms with van der Waals surface area (Å²) in [5.41, 5.74) is 3.49. The third-order valence-electron chi connectivity index (χ3n) is 4.61. The minimum absolute atomic E-state index is 0.0374. The molecular formula is C18H25N3O2. The largest absolute Gasteiger partial charge is 0.336 e. The summed E-state index contributed by atoms with van der Waals surface area (Å²) in [7, 11) is 0. The van der Waals surface area contributed by atoms with Crippen LogP contribution in [0, 0.1) is 0 Å². The molecule has 1 heterocycles. The lowest BCUT2D eigenvalue weighted by Crippen LogP contribution is -2.54. The lowest BCUT2D eigenvalue weighted by Gasteiger charge is -2.35. The number of amides is 3. The fourth-order valence-corrected chi connectivity index (χ4v) is 3.34. The van der Waals surface area contributed by atoms with Gasteiger partial charge in [-0.1, -0.05) is 6.07 Å². The van der Waals surface area contributed by atoms with E-state index in [-0.39, 0.29) is 18.0 Å². The summed E-state index contributed by atoms with van der Waals surface area (Å²) in [4.78, 5) is 28.3. The van der Waals surface area contributed by atoms with Gasteiger partial charge in [0, 0.05) is 37.8 Å². The summed E-state index contributed by atoms with van der Waals surface area (Å²) in [6, 6.07) is 6.20. The number of nitrogens with zero attached hydrogens (tertiary/aromatic N) is 2. The number of urea groups is 1. The molecule has 0 atom stereocenters. The van der Waals surface area contributed by atoms with Crippen molar-refractivity contribution >= 4 is 11.9 Å². The maximum absolute atomic E-state index is 12.7. The second-order valence-corrected chi connectivity index (χ2v) is 6.72. The summed E-state index contributed by atoms with van der Waals surface area (Å²) >= 11 is 0. The maximum Gasteiger partial charge on any atom is 0.317 e. The van der Waals surface area contributed by atoms with Crippen LogP contribution >= 0.6 is 0 Å². The Hall–Kier alpha value is -2.04. The van der Waals surface area contributed by atoms with Gasteiger partial charge in [-0.25, -0.2) is 4.79 Å². The minimum atomic E-state index is -0.0374. The predicted octanol–water partition coefficient (Wildman–Crippen LogP) is 2.05. The lowest BCUT2D eigenvalue weighted by atomic mass is 10.1. The van der Waals surface area contributed by atoms with Crippen molar-refractivity contribution in [2.24, 2.45) is 0 Å². The molecule has 0 bridgehead atoms. The Morgan fingerprint density at radius 3 is 2.35 bits per heavy atom. The fourth-order valence-electron chi connectivity index (χ4n) is 3.34. The number of carbonyl (C=O) groups excluding carboxylic acids is 2. The van der Waals surface area contributed by atoms with E-state index in [4.69, 9.17) is 0 Å². The van der Waals surface area contributed by atoms with Crippen molar-refractivity contribution in [3.63, 3.8) is 0 Å². The Labute approximate surface area is 137 Å². The average molecular weight is 315 g/mol. The van der Waals surface area contributed by atoms with Crippen molar-refractivity contribution in [3.05, 3.63) is 34.9 Å². The van der Waals surface area contributed by atoms with E-state index >= 15 is 0 Å². The number of fused-ring (bicyclic) bond motifs is 1. The number of nitrogens with one attached hydrogen (secondary N) is 1. The summed E-state index contributed by atoms with van der Waals surface area (Å²) in [6.45, 7) is 6.28. The molecule has 5 nitrogen and oxygen atoms in total. The lowest BCUT2D eigenvalue weighted by molar-refractivity contribution is 0.0664. The molecule has 124 valence electrons. The van der Waals surface area contributed by atoms with E-state index in [0.29, 0.717) is 26.2 Å². The summed E-state index contributed by atoms with van der Waals surface area (Å²) < 4.78 is 0. The van der Waals surface area contributed by atoms with Crippen molar-refractivity contribution in [1.82, 2.24) is 15.1 Å². The molecule has 0 radical (unpaired) electrons. The molecule has 1 N–H and O–H groups in total. The standard InChI is InChI=1S/C18H25N3O2/c1-13(2)19-18(23)21-10-8-20(9-11-21)17(22)16-7-6-14-4-3-5-15(14)12-16/h6-7,12-13H,3-5,8-11H2,1-2H3,(H,19,23). The second kappa shape index (κ2) is 6.60. The van der Waals surface area contributed by atoms with Gasteiger partial charge in [0.05, 0.1) is 0 Å². The summed E-state index contributed by atoms with van der Waals surface area (Å²) in [6.07, 6.45) is 3.41. The average Bonchev–Trinajstić information content (AvgIpc) is 3.01. The molecule has 0 spiro atoms. The quantitative estimate of drug-likeness (QED) is 0.908. The zero-order chi connectivity index (χ0) is 16.4. The second-order valence-electron chi connectivity index (χ2n) is 6.72. The zero-order valence-corrected chi connectivity index (χ0v) is 14.0. The van der Waals surface area contributed by atoms with Gasteiger partial charge in [-0.15, -0.1) is 0 Å². The highest BCUT2D eigenvalue weighted by Gasteiger charge is 2.25. The van der Waals surface area contributed by atoms with Crippen LogP contribution in [0.15, 0.2) is 18.2 Å². The van der Waals surface area contributed by atoms with E-state index in [1.54, 1.807) is 4.90 Å². The Balaban J connectivity index is 1.59. The number of hydrogen-bond acceptors (Lipinski definition) is 2. The van der Waals surface area contributed by atoms with Crippen molar-refractivity contribution in [1.29, 1.82) is 0 Å². The van der Waals surface area contributed by atoms with Crippen molar-refractivity contribution in [2.45, 2.75) is 39.2 Å². The van der Waals surface area contributed by atoms with E-state index in [9.17, 15) is 9.59 Å². The maximum atomic E-state index is 12.7. The van der Waals surface area contributed by atoms with Crippen molar-refractivity contribution in [3.8, 4) is 0 Å². The van der Waals surface area contributed by atoms with E-state index in [1.165, 1.54) is 17.5 Å². The van der Waals surface area contributed by atoms with Gasteiger partial charge in [0.15, 0.2) is 0 Å². The Morgan fingerprint density at radius 1 is 1.00 bits per heavy atom. The molecule has 1 fully saturated rings. The summed E-state index contributed by atoms with van der Waals surface area (Å²) in [5, 5.41) is 2.90. The van der Waals surface area contributed by atoms with Crippen LogP contribution < -0.4 is 5.32 Å². The Bertz CT molecular complexity index is 604. The third-order valence-corrected chi connectivity index (χ3v) is 4.61. The van der Waals surface area contributed by atoms with E-state index in [0.717, 1.165) is 18.4 Å². The van der Waals surface area contributed by atoms with Crippen molar-refractivity contribution < 1.29 is 9.59 Å². The molecule has 0 saturated carbocycles. The van der Waals surface area contributed by atoms with Gasteiger partial charge >= 0.3 is 6.03 Å². The highest BCUT2D eigenvalue weighted by atomic mass is 16.2. The van der Waals surface area contributed by atoms with E-state index < -0.39 is 0 Å². The molecule has 3 rings (SSSR count). The van der Waals surface area contributed by atoms with Crippen LogP contribution in [0.4, 0.5) is 4.79 Å². The number of rotatable bonds is 2. The SMILES string of the molecule is CC(C)NC(=O)N1CCN(C(=O)c2ccc3c(c2)CCC3)CC1. The smallest absolute Gasteiger partial charge is 0.317 e. The molecular weight excluding hydrogens is 290 g/mol. The first-order chi connectivity index (χ1) is 11.0. The van der Waals surface area contributed by atoms with Crippen LogP contribution in [-0.4, -0.2) is 54.0 Å². The van der Waals surface area contributed by atoms with Gasteiger partial charge < -0.3 is 15.1 Å². The van der Waals surface area contributed by atoms with Crippen molar-refractivity contribution in [2.75, 3.05) is 26.2 Å². The van der Waals surface area contributed by atoms with Gasteiger partial charge in [-0.3, -0.25) is 4.79 Å². The molecule has 3 amide bonds. The number of benzene rings is 1. The first kappa shape index (κ1) is 15.8. The molecule has 1 aliphatic heterocycles. The molecule has 1 aromatic carbocycles. The first-order valence-electron chi connectivity index (χ1n) is 8.51. The normalized spacial score (nSPS) is 17.3. The Kier molecular flexibility index (Phi) is 4.55. The Morgan fingerprint density at radius 2 is 1.65 bits per heavy atom. The van der Waals surface area contributed by atoms with Gasteiger partial charge in [0.1, 0.15) is 0 Å². The van der Waals surface area contributed by atoms with E-state index in [2.05, 4.69) is 17.4 Å².